The number of fused-ring (bicyclic) bond motifs is 1. The van der Waals surface area contributed by atoms with Gasteiger partial charge in [0.25, 0.3) is 0 Å². The lowest BCUT2D eigenvalue weighted by Gasteiger charge is -2.42. The van der Waals surface area contributed by atoms with E-state index in [0.717, 1.165) is 23.2 Å². The number of carbonyl (C=O) groups excluding carboxylic acids is 1. The predicted octanol–water partition coefficient (Wildman–Crippen LogP) is 6.00. The quantitative estimate of drug-likeness (QED) is 0.678. The SMILES string of the molecule is Cc1cc2c(cc1NC(=O)/C=C/c1ccccc1)C(C)(C)CCC2(C)C. The van der Waals surface area contributed by atoms with Crippen LogP contribution in [0.3, 0.4) is 0 Å². The lowest BCUT2D eigenvalue weighted by molar-refractivity contribution is -0.111. The van der Waals surface area contributed by atoms with Crippen LogP contribution >= 0.6 is 0 Å². The van der Waals surface area contributed by atoms with Crippen LogP contribution in [0.4, 0.5) is 5.69 Å². The average molecular weight is 348 g/mol. The van der Waals surface area contributed by atoms with Crippen LogP contribution in [0.5, 0.6) is 0 Å². The van der Waals surface area contributed by atoms with E-state index in [-0.39, 0.29) is 16.7 Å². The van der Waals surface area contributed by atoms with Crippen molar-refractivity contribution in [3.8, 4) is 0 Å². The fourth-order valence-corrected chi connectivity index (χ4v) is 3.77. The maximum Gasteiger partial charge on any atom is 0.248 e. The molecule has 136 valence electrons. The van der Waals surface area contributed by atoms with Gasteiger partial charge in [-0.05, 0) is 65.0 Å². The molecule has 2 heteroatoms. The standard InChI is InChI=1S/C24H29NO/c1-17-15-19-20(24(4,5)14-13-23(19,2)3)16-21(17)25-22(26)12-11-18-9-7-6-8-10-18/h6-12,15-16H,13-14H2,1-5H3,(H,25,26)/b12-11+. The summed E-state index contributed by atoms with van der Waals surface area (Å²) in [7, 11) is 0. The van der Waals surface area contributed by atoms with Gasteiger partial charge in [0.1, 0.15) is 0 Å². The summed E-state index contributed by atoms with van der Waals surface area (Å²) in [5.74, 6) is -0.0928. The van der Waals surface area contributed by atoms with E-state index in [2.05, 4.69) is 52.1 Å². The van der Waals surface area contributed by atoms with Crippen molar-refractivity contribution in [2.75, 3.05) is 5.32 Å². The molecule has 0 bridgehead atoms. The fraction of sp³-hybridized carbons (Fsp3) is 0.375. The Morgan fingerprint density at radius 2 is 1.54 bits per heavy atom. The minimum atomic E-state index is -0.0928. The lowest BCUT2D eigenvalue weighted by Crippen LogP contribution is -2.34. The van der Waals surface area contributed by atoms with Crippen molar-refractivity contribution in [2.24, 2.45) is 0 Å². The molecule has 2 aromatic rings. The number of anilines is 1. The van der Waals surface area contributed by atoms with Gasteiger partial charge in [0, 0.05) is 11.8 Å². The summed E-state index contributed by atoms with van der Waals surface area (Å²) < 4.78 is 0. The molecule has 0 aromatic heterocycles. The minimum absolute atomic E-state index is 0.0928. The molecule has 1 amide bonds. The molecule has 0 saturated carbocycles. The Labute approximate surface area is 157 Å². The topological polar surface area (TPSA) is 29.1 Å². The van der Waals surface area contributed by atoms with E-state index in [1.165, 1.54) is 17.5 Å². The zero-order valence-electron chi connectivity index (χ0n) is 16.5. The first-order valence-corrected chi connectivity index (χ1v) is 9.39. The molecular formula is C24H29NO. The molecule has 0 heterocycles. The number of nitrogens with one attached hydrogen (secondary N) is 1. The van der Waals surface area contributed by atoms with E-state index in [9.17, 15) is 4.79 Å². The minimum Gasteiger partial charge on any atom is -0.322 e. The molecule has 0 saturated heterocycles. The molecule has 2 aromatic carbocycles. The monoisotopic (exact) mass is 347 g/mol. The number of benzene rings is 2. The predicted molar refractivity (Wildman–Crippen MR) is 111 cm³/mol. The van der Waals surface area contributed by atoms with Crippen molar-refractivity contribution < 1.29 is 4.79 Å². The number of hydrogen-bond acceptors (Lipinski definition) is 1. The normalized spacial score (nSPS) is 17.7. The third-order valence-electron chi connectivity index (χ3n) is 5.68. The molecule has 0 aliphatic heterocycles. The van der Waals surface area contributed by atoms with Gasteiger partial charge in [-0.3, -0.25) is 4.79 Å². The fourth-order valence-electron chi connectivity index (χ4n) is 3.77. The molecule has 26 heavy (non-hydrogen) atoms. The summed E-state index contributed by atoms with van der Waals surface area (Å²) in [5.41, 5.74) is 6.16. The molecular weight excluding hydrogens is 318 g/mol. The third-order valence-corrected chi connectivity index (χ3v) is 5.68. The second kappa shape index (κ2) is 6.75. The van der Waals surface area contributed by atoms with Gasteiger partial charge in [-0.15, -0.1) is 0 Å². The van der Waals surface area contributed by atoms with Crippen LogP contribution in [0.2, 0.25) is 0 Å². The average Bonchev–Trinajstić information content (AvgIpc) is 2.59. The Bertz CT molecular complexity index is 844. The Morgan fingerprint density at radius 3 is 2.15 bits per heavy atom. The molecule has 0 fully saturated rings. The highest BCUT2D eigenvalue weighted by atomic mass is 16.1. The van der Waals surface area contributed by atoms with Crippen molar-refractivity contribution in [1.82, 2.24) is 0 Å². The van der Waals surface area contributed by atoms with E-state index >= 15 is 0 Å². The van der Waals surface area contributed by atoms with E-state index in [1.807, 2.05) is 36.4 Å². The van der Waals surface area contributed by atoms with Crippen LogP contribution in [0.25, 0.3) is 6.08 Å². The molecule has 3 rings (SSSR count). The Hall–Kier alpha value is -2.35. The van der Waals surface area contributed by atoms with Crippen molar-refractivity contribution in [2.45, 2.75) is 58.3 Å². The summed E-state index contributed by atoms with van der Waals surface area (Å²) >= 11 is 0. The molecule has 0 radical (unpaired) electrons. The molecule has 0 spiro atoms. The van der Waals surface area contributed by atoms with Crippen LogP contribution < -0.4 is 5.32 Å². The lowest BCUT2D eigenvalue weighted by atomic mass is 9.63. The number of aryl methyl sites for hydroxylation is 1. The summed E-state index contributed by atoms with van der Waals surface area (Å²) in [6.45, 7) is 11.3. The van der Waals surface area contributed by atoms with Gasteiger partial charge >= 0.3 is 0 Å². The third kappa shape index (κ3) is 3.75. The molecule has 0 unspecified atom stereocenters. The molecule has 1 aliphatic rings. The van der Waals surface area contributed by atoms with Crippen molar-refractivity contribution >= 4 is 17.7 Å². The van der Waals surface area contributed by atoms with Gasteiger partial charge in [-0.2, -0.15) is 0 Å². The first kappa shape index (κ1) is 18.4. The van der Waals surface area contributed by atoms with Gasteiger partial charge in [0.2, 0.25) is 5.91 Å². The Morgan fingerprint density at radius 1 is 0.962 bits per heavy atom. The van der Waals surface area contributed by atoms with Gasteiger partial charge in [-0.1, -0.05) is 64.1 Å². The number of carbonyl (C=O) groups is 1. The van der Waals surface area contributed by atoms with Gasteiger partial charge in [0.15, 0.2) is 0 Å². The molecule has 2 nitrogen and oxygen atoms in total. The van der Waals surface area contributed by atoms with Gasteiger partial charge in [-0.25, -0.2) is 0 Å². The van der Waals surface area contributed by atoms with Crippen LogP contribution in [0, 0.1) is 6.92 Å². The second-order valence-electron chi connectivity index (χ2n) is 8.71. The molecule has 0 atom stereocenters. The Balaban J connectivity index is 1.87. The number of amides is 1. The first-order valence-electron chi connectivity index (χ1n) is 9.39. The maximum atomic E-state index is 12.4. The highest BCUT2D eigenvalue weighted by Crippen LogP contribution is 2.47. The highest BCUT2D eigenvalue weighted by Gasteiger charge is 2.37. The first-order chi connectivity index (χ1) is 12.2. The van der Waals surface area contributed by atoms with Crippen molar-refractivity contribution in [1.29, 1.82) is 0 Å². The Kier molecular flexibility index (Phi) is 4.79. The zero-order chi connectivity index (χ0) is 18.9. The molecule has 1 aliphatic carbocycles. The summed E-state index contributed by atoms with van der Waals surface area (Å²) in [4.78, 5) is 12.4. The van der Waals surface area contributed by atoms with Crippen molar-refractivity contribution in [3.63, 3.8) is 0 Å². The van der Waals surface area contributed by atoms with Crippen LogP contribution in [-0.2, 0) is 15.6 Å². The number of hydrogen-bond donors (Lipinski definition) is 1. The van der Waals surface area contributed by atoms with Gasteiger partial charge in [0.05, 0.1) is 0 Å². The van der Waals surface area contributed by atoms with E-state index < -0.39 is 0 Å². The maximum absolute atomic E-state index is 12.4. The second-order valence-corrected chi connectivity index (χ2v) is 8.71. The largest absolute Gasteiger partial charge is 0.322 e. The van der Waals surface area contributed by atoms with E-state index in [1.54, 1.807) is 6.08 Å². The van der Waals surface area contributed by atoms with Crippen LogP contribution in [-0.4, -0.2) is 5.91 Å². The zero-order valence-corrected chi connectivity index (χ0v) is 16.5. The number of rotatable bonds is 3. The summed E-state index contributed by atoms with van der Waals surface area (Å²) in [6, 6.07) is 14.3. The smallest absolute Gasteiger partial charge is 0.248 e. The van der Waals surface area contributed by atoms with Gasteiger partial charge < -0.3 is 5.32 Å². The van der Waals surface area contributed by atoms with Crippen LogP contribution in [0.15, 0.2) is 48.5 Å². The molecule has 1 N–H and O–H groups in total. The summed E-state index contributed by atoms with van der Waals surface area (Å²) in [6.07, 6.45) is 5.80. The van der Waals surface area contributed by atoms with E-state index in [0.29, 0.717) is 0 Å². The van der Waals surface area contributed by atoms with Crippen LogP contribution in [0.1, 0.15) is 62.8 Å². The summed E-state index contributed by atoms with van der Waals surface area (Å²) in [5, 5.41) is 3.07. The van der Waals surface area contributed by atoms with Crippen molar-refractivity contribution in [3.05, 3.63) is 70.8 Å². The highest BCUT2D eigenvalue weighted by molar-refractivity contribution is 6.02. The van der Waals surface area contributed by atoms with E-state index in [4.69, 9.17) is 0 Å².